The third kappa shape index (κ3) is 2.95. The van der Waals surface area contributed by atoms with E-state index in [1.54, 1.807) is 11.8 Å². The Bertz CT molecular complexity index is 339. The number of nitrogens with two attached hydrogens (primary N) is 1. The Morgan fingerprint density at radius 3 is 2.69 bits per heavy atom. The van der Waals surface area contributed by atoms with Gasteiger partial charge in [0.2, 0.25) is 0 Å². The number of rotatable bonds is 2. The van der Waals surface area contributed by atoms with Gasteiger partial charge in [-0.3, -0.25) is 0 Å². The molecule has 1 aliphatic rings. The van der Waals surface area contributed by atoms with Gasteiger partial charge in [-0.15, -0.1) is 0 Å². The molecule has 1 aromatic heterocycles. The summed E-state index contributed by atoms with van der Waals surface area (Å²) in [6.45, 7) is 4.30. The van der Waals surface area contributed by atoms with Crippen LogP contribution in [0.15, 0.2) is 17.6 Å². The van der Waals surface area contributed by atoms with Gasteiger partial charge in [-0.25, -0.2) is 9.97 Å². The second kappa shape index (κ2) is 5.15. The summed E-state index contributed by atoms with van der Waals surface area (Å²) in [6, 6.07) is 0.297. The first-order valence-corrected chi connectivity index (χ1v) is 6.74. The van der Waals surface area contributed by atoms with Crippen LogP contribution in [0.3, 0.4) is 0 Å². The van der Waals surface area contributed by atoms with Crippen molar-refractivity contribution >= 4 is 11.8 Å². The third-order valence-corrected chi connectivity index (χ3v) is 4.39. The molecule has 0 aliphatic heterocycles. The molecule has 0 bridgehead atoms. The van der Waals surface area contributed by atoms with Gasteiger partial charge in [0.25, 0.3) is 0 Å². The second-order valence-corrected chi connectivity index (χ2v) is 5.99. The molecule has 0 amide bonds. The van der Waals surface area contributed by atoms with Gasteiger partial charge >= 0.3 is 0 Å². The van der Waals surface area contributed by atoms with Crippen LogP contribution < -0.4 is 5.73 Å². The largest absolute Gasteiger partial charge is 0.327 e. The molecular weight excluding hydrogens is 218 g/mol. The van der Waals surface area contributed by atoms with Crippen molar-refractivity contribution in [2.45, 2.75) is 49.6 Å². The third-order valence-electron chi connectivity index (χ3n) is 3.12. The van der Waals surface area contributed by atoms with Gasteiger partial charge in [-0.1, -0.05) is 18.7 Å². The molecule has 0 aromatic carbocycles. The zero-order valence-electron chi connectivity index (χ0n) is 9.89. The first-order chi connectivity index (χ1) is 7.65. The Balaban J connectivity index is 2.00. The molecule has 2 rings (SSSR count). The maximum atomic E-state index is 6.14. The van der Waals surface area contributed by atoms with Gasteiger partial charge in [-0.2, -0.15) is 0 Å². The SMILES string of the molecule is Cc1cnc(SC2CC(C)CCC2N)nc1. The van der Waals surface area contributed by atoms with Gasteiger partial charge in [0.1, 0.15) is 0 Å². The molecule has 1 aliphatic carbocycles. The lowest BCUT2D eigenvalue weighted by atomic mass is 9.87. The Kier molecular flexibility index (Phi) is 3.82. The minimum Gasteiger partial charge on any atom is -0.327 e. The highest BCUT2D eigenvalue weighted by molar-refractivity contribution is 7.99. The molecule has 2 N–H and O–H groups in total. The predicted octanol–water partition coefficient (Wildman–Crippen LogP) is 2.39. The lowest BCUT2D eigenvalue weighted by molar-refractivity contribution is 0.357. The van der Waals surface area contributed by atoms with Crippen LogP contribution in [-0.2, 0) is 0 Å². The molecule has 1 saturated carbocycles. The number of aromatic nitrogens is 2. The quantitative estimate of drug-likeness (QED) is 0.802. The van der Waals surface area contributed by atoms with Crippen LogP contribution in [0.25, 0.3) is 0 Å². The highest BCUT2D eigenvalue weighted by atomic mass is 32.2. The van der Waals surface area contributed by atoms with E-state index in [0.29, 0.717) is 11.3 Å². The minimum atomic E-state index is 0.297. The summed E-state index contributed by atoms with van der Waals surface area (Å²) >= 11 is 1.74. The average molecular weight is 237 g/mol. The molecule has 1 aromatic rings. The molecule has 0 radical (unpaired) electrons. The number of nitrogens with zero attached hydrogens (tertiary/aromatic N) is 2. The van der Waals surface area contributed by atoms with Crippen LogP contribution in [0.4, 0.5) is 0 Å². The van der Waals surface area contributed by atoms with Gasteiger partial charge in [0.15, 0.2) is 5.16 Å². The highest BCUT2D eigenvalue weighted by Crippen LogP contribution is 2.33. The van der Waals surface area contributed by atoms with E-state index in [1.165, 1.54) is 12.8 Å². The normalized spacial score (nSPS) is 30.3. The van der Waals surface area contributed by atoms with Gasteiger partial charge in [0, 0.05) is 23.7 Å². The summed E-state index contributed by atoms with van der Waals surface area (Å²) in [6.07, 6.45) is 7.31. The molecule has 1 fully saturated rings. The van der Waals surface area contributed by atoms with Crippen molar-refractivity contribution in [3.8, 4) is 0 Å². The van der Waals surface area contributed by atoms with Crippen molar-refractivity contribution in [3.63, 3.8) is 0 Å². The first kappa shape index (κ1) is 11.9. The van der Waals surface area contributed by atoms with E-state index in [-0.39, 0.29) is 0 Å². The van der Waals surface area contributed by atoms with E-state index in [0.717, 1.165) is 23.1 Å². The Hall–Kier alpha value is -0.610. The molecule has 4 heteroatoms. The van der Waals surface area contributed by atoms with Crippen molar-refractivity contribution < 1.29 is 0 Å². The fraction of sp³-hybridized carbons (Fsp3) is 0.667. The fourth-order valence-electron chi connectivity index (χ4n) is 2.06. The zero-order valence-corrected chi connectivity index (χ0v) is 10.7. The molecule has 16 heavy (non-hydrogen) atoms. The molecule has 1 heterocycles. The molecule has 0 spiro atoms. The summed E-state index contributed by atoms with van der Waals surface area (Å²) in [5.74, 6) is 0.780. The fourth-order valence-corrected chi connectivity index (χ4v) is 3.30. The summed E-state index contributed by atoms with van der Waals surface area (Å²) in [5.41, 5.74) is 7.25. The van der Waals surface area contributed by atoms with Crippen molar-refractivity contribution in [2.24, 2.45) is 11.7 Å². The minimum absolute atomic E-state index is 0.297. The lowest BCUT2D eigenvalue weighted by Gasteiger charge is -2.31. The van der Waals surface area contributed by atoms with Crippen LogP contribution in [0, 0.1) is 12.8 Å². The monoisotopic (exact) mass is 237 g/mol. The second-order valence-electron chi connectivity index (χ2n) is 4.78. The highest BCUT2D eigenvalue weighted by Gasteiger charge is 2.27. The van der Waals surface area contributed by atoms with E-state index < -0.39 is 0 Å². The summed E-state index contributed by atoms with van der Waals surface area (Å²) in [4.78, 5) is 8.66. The van der Waals surface area contributed by atoms with Crippen LogP contribution in [0.1, 0.15) is 31.7 Å². The van der Waals surface area contributed by atoms with Crippen LogP contribution in [0.2, 0.25) is 0 Å². The molecule has 3 nitrogen and oxygen atoms in total. The van der Waals surface area contributed by atoms with E-state index in [1.807, 2.05) is 19.3 Å². The van der Waals surface area contributed by atoms with Gasteiger partial charge in [-0.05, 0) is 37.7 Å². The summed E-state index contributed by atoms with van der Waals surface area (Å²) in [5, 5.41) is 1.34. The smallest absolute Gasteiger partial charge is 0.187 e. The van der Waals surface area contributed by atoms with E-state index >= 15 is 0 Å². The topological polar surface area (TPSA) is 51.8 Å². The maximum Gasteiger partial charge on any atom is 0.187 e. The predicted molar refractivity (Wildman–Crippen MR) is 67.4 cm³/mol. The van der Waals surface area contributed by atoms with Crippen molar-refractivity contribution in [1.82, 2.24) is 9.97 Å². The Labute approximate surface area is 101 Å². The van der Waals surface area contributed by atoms with Gasteiger partial charge in [0.05, 0.1) is 0 Å². The molecule has 3 unspecified atom stereocenters. The van der Waals surface area contributed by atoms with Crippen molar-refractivity contribution in [1.29, 1.82) is 0 Å². The van der Waals surface area contributed by atoms with Crippen LogP contribution in [-0.4, -0.2) is 21.3 Å². The van der Waals surface area contributed by atoms with Gasteiger partial charge < -0.3 is 5.73 Å². The van der Waals surface area contributed by atoms with Crippen molar-refractivity contribution in [3.05, 3.63) is 18.0 Å². The summed E-state index contributed by atoms with van der Waals surface area (Å²) in [7, 11) is 0. The van der Waals surface area contributed by atoms with E-state index in [9.17, 15) is 0 Å². The van der Waals surface area contributed by atoms with Crippen molar-refractivity contribution in [2.75, 3.05) is 0 Å². The van der Waals surface area contributed by atoms with Crippen LogP contribution in [0.5, 0.6) is 0 Å². The average Bonchev–Trinajstić information content (AvgIpc) is 2.27. The molecular formula is C12H19N3S. The molecule has 0 saturated heterocycles. The Morgan fingerprint density at radius 2 is 2.00 bits per heavy atom. The standard InChI is InChI=1S/C12H19N3S/c1-8-3-4-10(13)11(5-8)16-12-14-6-9(2)7-15-12/h6-8,10-11H,3-5,13H2,1-2H3. The lowest BCUT2D eigenvalue weighted by Crippen LogP contribution is -2.37. The maximum absolute atomic E-state index is 6.14. The van der Waals surface area contributed by atoms with E-state index in [4.69, 9.17) is 5.73 Å². The molecule has 3 atom stereocenters. The van der Waals surface area contributed by atoms with Crippen LogP contribution >= 0.6 is 11.8 Å². The zero-order chi connectivity index (χ0) is 11.5. The molecule has 88 valence electrons. The number of aryl methyl sites for hydroxylation is 1. The number of hydrogen-bond donors (Lipinski definition) is 1. The first-order valence-electron chi connectivity index (χ1n) is 5.86. The number of hydrogen-bond acceptors (Lipinski definition) is 4. The Morgan fingerprint density at radius 1 is 1.31 bits per heavy atom. The summed E-state index contributed by atoms with van der Waals surface area (Å²) < 4.78 is 0. The number of thioether (sulfide) groups is 1. The van der Waals surface area contributed by atoms with E-state index in [2.05, 4.69) is 16.9 Å².